The Bertz CT molecular complexity index is 948. The number of carbonyl (C=O) groups excluding carboxylic acids is 3. The molecule has 0 bridgehead atoms. The van der Waals surface area contributed by atoms with Gasteiger partial charge in [-0.2, -0.15) is 0 Å². The van der Waals surface area contributed by atoms with Crippen LogP contribution < -0.4 is 20.4 Å². The van der Waals surface area contributed by atoms with Crippen LogP contribution in [-0.2, 0) is 9.59 Å². The van der Waals surface area contributed by atoms with Gasteiger partial charge in [0.15, 0.2) is 0 Å². The van der Waals surface area contributed by atoms with Crippen LogP contribution in [0.4, 0.5) is 17.1 Å². The van der Waals surface area contributed by atoms with Crippen LogP contribution in [0.15, 0.2) is 48.5 Å². The normalized spacial score (nSPS) is 16.6. The molecule has 2 aliphatic rings. The van der Waals surface area contributed by atoms with E-state index in [0.29, 0.717) is 24.2 Å². The van der Waals surface area contributed by atoms with Crippen molar-refractivity contribution < 1.29 is 14.4 Å². The van der Waals surface area contributed by atoms with Crippen molar-refractivity contribution in [3.05, 3.63) is 54.1 Å². The molecule has 0 spiro atoms. The van der Waals surface area contributed by atoms with Gasteiger partial charge in [-0.1, -0.05) is 12.8 Å². The van der Waals surface area contributed by atoms with Crippen LogP contribution in [0.5, 0.6) is 0 Å². The molecule has 0 aliphatic carbocycles. The van der Waals surface area contributed by atoms with E-state index in [0.717, 1.165) is 25.2 Å². The van der Waals surface area contributed by atoms with Gasteiger partial charge in [0.1, 0.15) is 0 Å². The Kier molecular flexibility index (Phi) is 7.04. The third-order valence-corrected chi connectivity index (χ3v) is 6.05. The summed E-state index contributed by atoms with van der Waals surface area (Å²) in [4.78, 5) is 40.6. The Morgan fingerprint density at radius 3 is 2.06 bits per heavy atom. The number of benzene rings is 2. The maximum absolute atomic E-state index is 12.4. The maximum Gasteiger partial charge on any atom is 0.251 e. The van der Waals surface area contributed by atoms with Gasteiger partial charge in [0.05, 0.1) is 6.54 Å². The Hall–Kier alpha value is -3.35. The molecule has 2 aromatic rings. The molecule has 32 heavy (non-hydrogen) atoms. The average molecular weight is 435 g/mol. The molecule has 0 atom stereocenters. The second-order valence-electron chi connectivity index (χ2n) is 8.37. The zero-order valence-electron chi connectivity index (χ0n) is 18.3. The summed E-state index contributed by atoms with van der Waals surface area (Å²) in [5, 5.41) is 5.47. The van der Waals surface area contributed by atoms with Gasteiger partial charge in [-0.15, -0.1) is 0 Å². The molecule has 7 nitrogen and oxygen atoms in total. The summed E-state index contributed by atoms with van der Waals surface area (Å²) >= 11 is 0. The molecule has 168 valence electrons. The van der Waals surface area contributed by atoms with Gasteiger partial charge in [-0.05, 0) is 67.8 Å². The van der Waals surface area contributed by atoms with E-state index >= 15 is 0 Å². The highest BCUT2D eigenvalue weighted by molar-refractivity contribution is 6.00. The SMILES string of the molecule is O=C(CNC(=O)c1ccc(N2CCCC2=O)cc1)Nc1ccc(N2CCCCCC2)cc1. The molecule has 0 radical (unpaired) electrons. The highest BCUT2D eigenvalue weighted by Crippen LogP contribution is 2.22. The number of rotatable bonds is 6. The van der Waals surface area contributed by atoms with Crippen LogP contribution in [0, 0.1) is 0 Å². The topological polar surface area (TPSA) is 81.8 Å². The van der Waals surface area contributed by atoms with Crippen molar-refractivity contribution in [1.29, 1.82) is 0 Å². The summed E-state index contributed by atoms with van der Waals surface area (Å²) in [6, 6.07) is 14.8. The molecule has 7 heteroatoms. The Morgan fingerprint density at radius 1 is 0.781 bits per heavy atom. The van der Waals surface area contributed by atoms with Crippen LogP contribution in [0.3, 0.4) is 0 Å². The Morgan fingerprint density at radius 2 is 1.44 bits per heavy atom. The van der Waals surface area contributed by atoms with E-state index < -0.39 is 0 Å². The zero-order chi connectivity index (χ0) is 22.3. The Balaban J connectivity index is 1.25. The van der Waals surface area contributed by atoms with Crippen LogP contribution >= 0.6 is 0 Å². The molecule has 2 N–H and O–H groups in total. The predicted molar refractivity (Wildman–Crippen MR) is 126 cm³/mol. The molecule has 0 aromatic heterocycles. The molecule has 2 aliphatic heterocycles. The van der Waals surface area contributed by atoms with Gasteiger partial charge in [-0.3, -0.25) is 14.4 Å². The zero-order valence-corrected chi connectivity index (χ0v) is 18.3. The maximum atomic E-state index is 12.4. The number of nitrogens with one attached hydrogen (secondary N) is 2. The number of carbonyl (C=O) groups is 3. The molecule has 2 saturated heterocycles. The first-order chi connectivity index (χ1) is 15.6. The van der Waals surface area contributed by atoms with Gasteiger partial charge in [0.25, 0.3) is 5.91 Å². The van der Waals surface area contributed by atoms with Crippen molar-refractivity contribution >= 4 is 34.8 Å². The summed E-state index contributed by atoms with van der Waals surface area (Å²) < 4.78 is 0. The van der Waals surface area contributed by atoms with E-state index in [1.807, 2.05) is 24.3 Å². The number of anilines is 3. The molecular formula is C25H30N4O3. The van der Waals surface area contributed by atoms with Gasteiger partial charge in [-0.25, -0.2) is 0 Å². The minimum atomic E-state index is -0.323. The van der Waals surface area contributed by atoms with Crippen LogP contribution in [0.1, 0.15) is 48.9 Å². The smallest absolute Gasteiger partial charge is 0.251 e. The first-order valence-electron chi connectivity index (χ1n) is 11.4. The number of hydrogen-bond acceptors (Lipinski definition) is 4. The first kappa shape index (κ1) is 21.9. The van der Waals surface area contributed by atoms with E-state index in [2.05, 4.69) is 15.5 Å². The van der Waals surface area contributed by atoms with Crippen LogP contribution in [-0.4, -0.2) is 43.9 Å². The van der Waals surface area contributed by atoms with Gasteiger partial charge >= 0.3 is 0 Å². The van der Waals surface area contributed by atoms with Crippen molar-refractivity contribution in [3.8, 4) is 0 Å². The average Bonchev–Trinajstić information content (AvgIpc) is 3.06. The summed E-state index contributed by atoms with van der Waals surface area (Å²) in [7, 11) is 0. The third kappa shape index (κ3) is 5.46. The minimum absolute atomic E-state index is 0.110. The fraction of sp³-hybridized carbons (Fsp3) is 0.400. The number of amides is 3. The van der Waals surface area contributed by atoms with Crippen LogP contribution in [0.2, 0.25) is 0 Å². The lowest BCUT2D eigenvalue weighted by Crippen LogP contribution is -2.33. The van der Waals surface area contributed by atoms with Gasteiger partial charge in [0.2, 0.25) is 11.8 Å². The highest BCUT2D eigenvalue weighted by atomic mass is 16.2. The summed E-state index contributed by atoms with van der Waals surface area (Å²) in [5.41, 5.74) is 3.14. The quantitative estimate of drug-likeness (QED) is 0.728. The molecule has 0 unspecified atom stereocenters. The molecule has 2 heterocycles. The van der Waals surface area contributed by atoms with E-state index in [4.69, 9.17) is 0 Å². The largest absolute Gasteiger partial charge is 0.372 e. The molecule has 4 rings (SSSR count). The molecular weight excluding hydrogens is 404 g/mol. The lowest BCUT2D eigenvalue weighted by molar-refractivity contribution is -0.117. The second-order valence-corrected chi connectivity index (χ2v) is 8.37. The predicted octanol–water partition coefficient (Wildman–Crippen LogP) is 3.56. The molecule has 2 fully saturated rings. The molecule has 0 saturated carbocycles. The van der Waals surface area contributed by atoms with Gasteiger partial charge in [0, 0.05) is 48.7 Å². The lowest BCUT2D eigenvalue weighted by Gasteiger charge is -2.22. The van der Waals surface area contributed by atoms with Crippen molar-refractivity contribution in [3.63, 3.8) is 0 Å². The van der Waals surface area contributed by atoms with E-state index in [1.54, 1.807) is 29.2 Å². The van der Waals surface area contributed by atoms with E-state index in [9.17, 15) is 14.4 Å². The molecule has 3 amide bonds. The number of nitrogens with zero attached hydrogens (tertiary/aromatic N) is 2. The van der Waals surface area contributed by atoms with Crippen molar-refractivity contribution in [1.82, 2.24) is 5.32 Å². The number of hydrogen-bond donors (Lipinski definition) is 2. The molecule has 2 aromatic carbocycles. The van der Waals surface area contributed by atoms with Crippen molar-refractivity contribution in [2.45, 2.75) is 38.5 Å². The fourth-order valence-electron chi connectivity index (χ4n) is 4.27. The van der Waals surface area contributed by atoms with Crippen molar-refractivity contribution in [2.24, 2.45) is 0 Å². The summed E-state index contributed by atoms with van der Waals surface area (Å²) in [5.74, 6) is -0.491. The second kappa shape index (κ2) is 10.3. The Labute approximate surface area is 188 Å². The van der Waals surface area contributed by atoms with Gasteiger partial charge < -0.3 is 20.4 Å². The lowest BCUT2D eigenvalue weighted by atomic mass is 10.2. The standard InChI is InChI=1S/C25H30N4O3/c30-23(27-20-9-13-21(14-10-20)28-15-3-1-2-4-16-28)18-26-25(32)19-7-11-22(12-8-19)29-17-5-6-24(29)31/h7-14H,1-6,15-18H2,(H,26,32)(H,27,30). The third-order valence-electron chi connectivity index (χ3n) is 6.05. The fourth-order valence-corrected chi connectivity index (χ4v) is 4.27. The minimum Gasteiger partial charge on any atom is -0.372 e. The van der Waals surface area contributed by atoms with Crippen molar-refractivity contribution in [2.75, 3.05) is 41.3 Å². The van der Waals surface area contributed by atoms with Crippen LogP contribution in [0.25, 0.3) is 0 Å². The van der Waals surface area contributed by atoms with E-state index in [-0.39, 0.29) is 24.3 Å². The van der Waals surface area contributed by atoms with E-state index in [1.165, 1.54) is 31.4 Å². The summed E-state index contributed by atoms with van der Waals surface area (Å²) in [6.07, 6.45) is 6.45. The monoisotopic (exact) mass is 434 g/mol. The highest BCUT2D eigenvalue weighted by Gasteiger charge is 2.21. The first-order valence-corrected chi connectivity index (χ1v) is 11.4. The summed E-state index contributed by atoms with van der Waals surface area (Å²) in [6.45, 7) is 2.75.